The van der Waals surface area contributed by atoms with Gasteiger partial charge < -0.3 is 48.7 Å². The van der Waals surface area contributed by atoms with Crippen LogP contribution in [0.1, 0.15) is 145 Å². The van der Waals surface area contributed by atoms with Gasteiger partial charge in [-0.2, -0.15) is 0 Å². The molecular formula is C70H83NO16. The Morgan fingerprint density at radius 2 is 1.25 bits per heavy atom. The number of nitrogens with one attached hydrogen (secondary N) is 1. The van der Waals surface area contributed by atoms with E-state index in [9.17, 15) is 34.2 Å². The molecule has 3 aromatic rings. The Labute approximate surface area is 510 Å². The molecule has 1 heterocycles. The highest BCUT2D eigenvalue weighted by atomic mass is 16.7. The number of carbonyl (C=O) groups is 7. The van der Waals surface area contributed by atoms with E-state index in [-0.39, 0.29) is 41.9 Å². The van der Waals surface area contributed by atoms with Crippen molar-refractivity contribution in [1.82, 2.24) is 5.32 Å². The van der Waals surface area contributed by atoms with Crippen molar-refractivity contribution in [2.24, 2.45) is 16.7 Å². The topological polar surface area (TPSA) is 237 Å². The number of unbranched alkanes of at least 4 members (excludes halogenated alkanes) is 1. The quantitative estimate of drug-likeness (QED) is 0.0293. The number of Topliss-reactive ketones (excluding diaryl/α,β-unsaturated/α-hetero) is 1. The molecule has 0 aromatic heterocycles. The van der Waals surface area contributed by atoms with Crippen molar-refractivity contribution < 1.29 is 76.9 Å². The van der Waals surface area contributed by atoms with Gasteiger partial charge in [0.05, 0.1) is 36.2 Å². The lowest BCUT2D eigenvalue weighted by molar-refractivity contribution is -0.346. The zero-order valence-electron chi connectivity index (χ0n) is 50.8. The Morgan fingerprint density at radius 3 is 1.78 bits per heavy atom. The summed E-state index contributed by atoms with van der Waals surface area (Å²) in [6, 6.07) is 22.8. The van der Waals surface area contributed by atoms with E-state index in [1.54, 1.807) is 92.7 Å². The molecule has 17 heteroatoms. The van der Waals surface area contributed by atoms with Gasteiger partial charge in [0, 0.05) is 37.7 Å². The van der Waals surface area contributed by atoms with Crippen LogP contribution >= 0.6 is 0 Å². The summed E-state index contributed by atoms with van der Waals surface area (Å²) in [4.78, 5) is 100. The van der Waals surface area contributed by atoms with Crippen LogP contribution < -0.4 is 5.32 Å². The fraction of sp³-hybridized carbons (Fsp3) is 0.443. The third kappa shape index (κ3) is 15.6. The van der Waals surface area contributed by atoms with Gasteiger partial charge in [-0.15, -0.1) is 0 Å². The third-order valence-electron chi connectivity index (χ3n) is 17.0. The lowest BCUT2D eigenvalue weighted by atomic mass is 9.44. The summed E-state index contributed by atoms with van der Waals surface area (Å²) in [5.74, 6) is -7.08. The van der Waals surface area contributed by atoms with Crippen LogP contribution in [0.4, 0.5) is 4.79 Å². The molecule has 1 amide bonds. The van der Waals surface area contributed by atoms with Crippen molar-refractivity contribution in [2.45, 2.75) is 167 Å². The predicted octanol–water partition coefficient (Wildman–Crippen LogP) is 11.4. The molecule has 3 aliphatic carbocycles. The number of ether oxygens (including phenoxy) is 7. The zero-order chi connectivity index (χ0) is 62.8. The Bertz CT molecular complexity index is 3110. The molecule has 17 nitrogen and oxygen atoms in total. The van der Waals surface area contributed by atoms with Gasteiger partial charge in [-0.25, -0.2) is 14.4 Å². The number of allylic oxidation sites excluding steroid dienone is 12. The van der Waals surface area contributed by atoms with E-state index in [0.717, 1.165) is 46.0 Å². The van der Waals surface area contributed by atoms with Gasteiger partial charge in [0.15, 0.2) is 17.5 Å². The number of hydrogen-bond acceptors (Lipinski definition) is 16. The van der Waals surface area contributed by atoms with E-state index in [2.05, 4.69) is 73.0 Å². The van der Waals surface area contributed by atoms with Crippen molar-refractivity contribution >= 4 is 41.7 Å². The number of aliphatic hydroxyl groups is 2. The minimum atomic E-state index is -2.48. The fourth-order valence-corrected chi connectivity index (χ4v) is 12.4. The number of hydrogen-bond donors (Lipinski definition) is 3. The summed E-state index contributed by atoms with van der Waals surface area (Å²) in [6.07, 6.45) is 19.4. The van der Waals surface area contributed by atoms with Crippen LogP contribution in [0.2, 0.25) is 0 Å². The van der Waals surface area contributed by atoms with Crippen molar-refractivity contribution in [3.05, 3.63) is 192 Å². The SMILES string of the molecule is CC/C=C\C/C=C\C/C=C\C/C=C\C/C=C\C/C=C\CCCOC(=O)O[C@@H](C(=O)OC1C[C@@]2(O)[C@@H](OC(=O)c3ccccc3)[C@@H]3[C@]4(OC(C)=O)CO[C@@H]4C[C@H](O)[C@@]3(C)C(=O)[C@H](OC(C)=O)C(=C1C)C2(C)C)C(NC(=O)c1ccccc1)c1ccccc1. The summed E-state index contributed by atoms with van der Waals surface area (Å²) >= 11 is 0. The highest BCUT2D eigenvalue weighted by molar-refractivity contribution is 5.96. The fourth-order valence-electron chi connectivity index (χ4n) is 12.4. The molecule has 0 radical (unpaired) electrons. The first-order chi connectivity index (χ1) is 41.7. The minimum absolute atomic E-state index is 0.0434. The van der Waals surface area contributed by atoms with Crippen molar-refractivity contribution in [2.75, 3.05) is 13.2 Å². The number of amides is 1. The van der Waals surface area contributed by atoms with E-state index < -0.39 is 119 Å². The molecule has 2 unspecified atom stereocenters. The maximum Gasteiger partial charge on any atom is 0.509 e. The molecule has 3 fully saturated rings. The van der Waals surface area contributed by atoms with Gasteiger partial charge >= 0.3 is 30.0 Å². The second-order valence-electron chi connectivity index (χ2n) is 23.1. The predicted molar refractivity (Wildman–Crippen MR) is 325 cm³/mol. The number of carbonyl (C=O) groups excluding carboxylic acids is 7. The summed E-state index contributed by atoms with van der Waals surface area (Å²) in [6.45, 7) is 9.92. The lowest BCUT2D eigenvalue weighted by Crippen LogP contribution is -2.82. The van der Waals surface area contributed by atoms with Crippen LogP contribution in [0.5, 0.6) is 0 Å². The minimum Gasteiger partial charge on any atom is -0.455 e. The Morgan fingerprint density at radius 1 is 0.713 bits per heavy atom. The van der Waals surface area contributed by atoms with Crippen LogP contribution in [0.15, 0.2) is 175 Å². The van der Waals surface area contributed by atoms with Gasteiger partial charge in [0.1, 0.15) is 30.0 Å². The molecule has 1 aliphatic heterocycles. The van der Waals surface area contributed by atoms with Gasteiger partial charge in [-0.1, -0.05) is 160 Å². The summed E-state index contributed by atoms with van der Waals surface area (Å²) < 4.78 is 42.5. The molecule has 1 saturated heterocycles. The zero-order valence-corrected chi connectivity index (χ0v) is 50.8. The monoisotopic (exact) mass is 1190 g/mol. The molecule has 4 aliphatic rings. The molecule has 0 spiro atoms. The van der Waals surface area contributed by atoms with Crippen molar-refractivity contribution in [3.8, 4) is 0 Å². The van der Waals surface area contributed by atoms with Crippen LogP contribution in [-0.4, -0.2) is 113 Å². The molecule has 3 N–H and O–H groups in total. The maximum atomic E-state index is 15.8. The number of fused-ring (bicyclic) bond motifs is 5. The van der Waals surface area contributed by atoms with E-state index in [0.29, 0.717) is 24.8 Å². The first-order valence-corrected chi connectivity index (χ1v) is 30.0. The maximum absolute atomic E-state index is 15.8. The lowest BCUT2D eigenvalue weighted by Gasteiger charge is -2.67. The largest absolute Gasteiger partial charge is 0.509 e. The van der Waals surface area contributed by atoms with E-state index in [4.69, 9.17) is 33.2 Å². The summed E-state index contributed by atoms with van der Waals surface area (Å²) in [5, 5.41) is 29.2. The Kier molecular flexibility index (Phi) is 23.4. The van der Waals surface area contributed by atoms with E-state index in [1.165, 1.54) is 26.0 Å². The Hall–Kier alpha value is -7.99. The van der Waals surface area contributed by atoms with E-state index in [1.807, 2.05) is 12.2 Å². The number of rotatable bonds is 26. The standard InChI is InChI=1S/C70H83NO16/c1-8-9-10-11-12-13-14-15-16-17-18-19-20-21-22-23-24-25-26-36-43-81-66(79)85-59(57(50-37-30-27-31-38-50)71-63(76)51-39-32-28-33-40-51)65(78)84-53-45-70(80)62(86-64(77)52-41-34-29-35-42-52)60-68(7,54(74)44-55-69(60,46-82-55)87-49(4)73)61(75)58(83-48(3)72)56(47(53)2)67(70,5)6/h9-10,12-13,15-16,18-19,21-22,24-25,27-35,37-42,53-55,57-60,62,74,80H,8,11,14,17,20,23,26,36,43-46H2,1-7H3,(H,71,76)/b10-9-,13-12-,16-15-,19-18-,22-21-,25-24-/t53?,54-,55+,57?,58+,59+,60-,62-,68+,69-,70+/m0/s1. The highest BCUT2D eigenvalue weighted by Crippen LogP contribution is 2.64. The average molecular weight is 1190 g/mol. The van der Waals surface area contributed by atoms with Crippen molar-refractivity contribution in [3.63, 3.8) is 0 Å². The normalized spacial score (nSPS) is 26.6. The van der Waals surface area contributed by atoms with Gasteiger partial charge in [-0.3, -0.25) is 19.2 Å². The second-order valence-corrected chi connectivity index (χ2v) is 23.1. The molecular weight excluding hydrogens is 1110 g/mol. The Balaban J connectivity index is 1.17. The molecule has 2 bridgehead atoms. The number of aliphatic hydroxyl groups excluding tert-OH is 1. The molecule has 3 aromatic carbocycles. The molecule has 11 atom stereocenters. The number of esters is 4. The molecule has 2 saturated carbocycles. The van der Waals surface area contributed by atoms with Crippen molar-refractivity contribution in [1.29, 1.82) is 0 Å². The second kappa shape index (κ2) is 30.6. The average Bonchev–Trinajstić information content (AvgIpc) is 0.682. The smallest absolute Gasteiger partial charge is 0.455 e. The van der Waals surface area contributed by atoms with Crippen LogP contribution in [-0.2, 0) is 52.3 Å². The van der Waals surface area contributed by atoms with Crippen LogP contribution in [0, 0.1) is 16.7 Å². The summed E-state index contributed by atoms with van der Waals surface area (Å²) in [5.41, 5.74) is -7.52. The first-order valence-electron chi connectivity index (χ1n) is 30.0. The third-order valence-corrected chi connectivity index (χ3v) is 17.0. The van der Waals surface area contributed by atoms with Gasteiger partial charge in [-0.05, 0) is 106 Å². The number of ketones is 1. The first kappa shape index (κ1) is 66.5. The van der Waals surface area contributed by atoms with Gasteiger partial charge in [0.2, 0.25) is 6.10 Å². The molecule has 87 heavy (non-hydrogen) atoms. The molecule has 464 valence electrons. The highest BCUT2D eigenvalue weighted by Gasteiger charge is 2.78. The summed E-state index contributed by atoms with van der Waals surface area (Å²) in [7, 11) is 0. The van der Waals surface area contributed by atoms with Crippen LogP contribution in [0.25, 0.3) is 0 Å². The molecule has 7 rings (SSSR count). The number of benzene rings is 3. The van der Waals surface area contributed by atoms with E-state index >= 15 is 9.59 Å². The van der Waals surface area contributed by atoms with Gasteiger partial charge in [0.25, 0.3) is 5.91 Å². The van der Waals surface area contributed by atoms with Crippen LogP contribution in [0.3, 0.4) is 0 Å².